The summed E-state index contributed by atoms with van der Waals surface area (Å²) in [5.41, 5.74) is 2.75. The number of nitrogens with zero attached hydrogens (tertiary/aromatic N) is 3. The Labute approximate surface area is 139 Å². The number of benzene rings is 1. The van der Waals surface area contributed by atoms with Gasteiger partial charge in [0.2, 0.25) is 5.91 Å². The van der Waals surface area contributed by atoms with Crippen molar-refractivity contribution >= 4 is 17.6 Å². The molecule has 0 unspecified atom stereocenters. The Morgan fingerprint density at radius 3 is 2.75 bits per heavy atom. The van der Waals surface area contributed by atoms with E-state index in [-0.39, 0.29) is 24.0 Å². The zero-order valence-corrected chi connectivity index (χ0v) is 13.8. The van der Waals surface area contributed by atoms with E-state index < -0.39 is 0 Å². The topological polar surface area (TPSA) is 101 Å². The van der Waals surface area contributed by atoms with Crippen LogP contribution in [0, 0.1) is 0 Å². The van der Waals surface area contributed by atoms with Gasteiger partial charge in [0.25, 0.3) is 0 Å². The van der Waals surface area contributed by atoms with Crippen LogP contribution >= 0.6 is 0 Å². The SMILES string of the molecule is C[C@H](NC(=O)N[C@H](C)c1ccc2c(c1)CC(=O)N2)c1nncn1C. The number of nitrogens with one attached hydrogen (secondary N) is 3. The fourth-order valence-corrected chi connectivity index (χ4v) is 2.79. The number of hydrogen-bond acceptors (Lipinski definition) is 4. The van der Waals surface area contributed by atoms with Gasteiger partial charge in [-0.1, -0.05) is 12.1 Å². The Hall–Kier alpha value is -2.90. The van der Waals surface area contributed by atoms with Gasteiger partial charge in [0, 0.05) is 12.7 Å². The summed E-state index contributed by atoms with van der Waals surface area (Å²) in [5, 5.41) is 16.3. The molecule has 3 amide bonds. The number of urea groups is 1. The monoisotopic (exact) mass is 328 g/mol. The molecule has 8 heteroatoms. The Morgan fingerprint density at radius 2 is 2.04 bits per heavy atom. The van der Waals surface area contributed by atoms with Crippen LogP contribution in [0.5, 0.6) is 0 Å². The highest BCUT2D eigenvalue weighted by Crippen LogP contribution is 2.26. The molecule has 2 heterocycles. The molecule has 3 rings (SSSR count). The first-order chi connectivity index (χ1) is 11.4. The predicted octanol–water partition coefficient (Wildman–Crippen LogP) is 1.43. The highest BCUT2D eigenvalue weighted by atomic mass is 16.2. The second-order valence-corrected chi connectivity index (χ2v) is 6.00. The number of anilines is 1. The van der Waals surface area contributed by atoms with Crippen LogP contribution in [0.3, 0.4) is 0 Å². The van der Waals surface area contributed by atoms with Crippen LogP contribution in [0.4, 0.5) is 10.5 Å². The second-order valence-electron chi connectivity index (χ2n) is 6.00. The fourth-order valence-electron chi connectivity index (χ4n) is 2.79. The quantitative estimate of drug-likeness (QED) is 0.790. The maximum atomic E-state index is 12.2. The van der Waals surface area contributed by atoms with E-state index in [1.807, 2.05) is 39.1 Å². The molecule has 2 atom stereocenters. The molecule has 2 aromatic rings. The Kier molecular flexibility index (Phi) is 4.20. The molecule has 1 aliphatic heterocycles. The summed E-state index contributed by atoms with van der Waals surface area (Å²) < 4.78 is 1.76. The summed E-state index contributed by atoms with van der Waals surface area (Å²) in [6.45, 7) is 3.75. The third-order valence-electron chi connectivity index (χ3n) is 4.08. The van der Waals surface area contributed by atoms with E-state index in [9.17, 15) is 9.59 Å². The molecule has 8 nitrogen and oxygen atoms in total. The van der Waals surface area contributed by atoms with Gasteiger partial charge in [-0.25, -0.2) is 4.79 Å². The first-order valence-corrected chi connectivity index (χ1v) is 7.77. The van der Waals surface area contributed by atoms with Gasteiger partial charge in [-0.2, -0.15) is 0 Å². The number of amides is 3. The van der Waals surface area contributed by atoms with Gasteiger partial charge < -0.3 is 20.5 Å². The van der Waals surface area contributed by atoms with Crippen LogP contribution in [0.2, 0.25) is 0 Å². The summed E-state index contributed by atoms with van der Waals surface area (Å²) in [5.74, 6) is 0.679. The minimum Gasteiger partial charge on any atom is -0.332 e. The molecular formula is C16H20N6O2. The second kappa shape index (κ2) is 6.31. The van der Waals surface area contributed by atoms with E-state index in [1.165, 1.54) is 0 Å². The van der Waals surface area contributed by atoms with E-state index in [1.54, 1.807) is 10.9 Å². The molecule has 0 saturated heterocycles. The molecule has 0 aliphatic carbocycles. The Balaban J connectivity index is 1.61. The highest BCUT2D eigenvalue weighted by molar-refractivity contribution is 5.99. The minimum atomic E-state index is -0.285. The summed E-state index contributed by atoms with van der Waals surface area (Å²) in [6.07, 6.45) is 1.97. The van der Waals surface area contributed by atoms with E-state index >= 15 is 0 Å². The van der Waals surface area contributed by atoms with Crippen LogP contribution in [0.15, 0.2) is 24.5 Å². The zero-order valence-electron chi connectivity index (χ0n) is 13.8. The number of carbonyl (C=O) groups excluding carboxylic acids is 2. The van der Waals surface area contributed by atoms with Crippen molar-refractivity contribution in [1.29, 1.82) is 0 Å². The van der Waals surface area contributed by atoms with E-state index in [2.05, 4.69) is 26.1 Å². The number of carbonyl (C=O) groups is 2. The number of aromatic nitrogens is 3. The zero-order chi connectivity index (χ0) is 17.3. The normalized spacial score (nSPS) is 15.4. The number of fused-ring (bicyclic) bond motifs is 1. The molecule has 126 valence electrons. The van der Waals surface area contributed by atoms with Gasteiger partial charge in [-0.3, -0.25) is 4.79 Å². The van der Waals surface area contributed by atoms with Gasteiger partial charge in [0.05, 0.1) is 18.5 Å². The average molecular weight is 328 g/mol. The summed E-state index contributed by atoms with van der Waals surface area (Å²) in [7, 11) is 1.83. The van der Waals surface area contributed by atoms with Gasteiger partial charge in [-0.05, 0) is 31.0 Å². The smallest absolute Gasteiger partial charge is 0.315 e. The van der Waals surface area contributed by atoms with Crippen LogP contribution in [-0.2, 0) is 18.3 Å². The largest absolute Gasteiger partial charge is 0.332 e. The van der Waals surface area contributed by atoms with E-state index in [0.29, 0.717) is 12.2 Å². The van der Waals surface area contributed by atoms with Crippen molar-refractivity contribution in [2.75, 3.05) is 5.32 Å². The molecule has 24 heavy (non-hydrogen) atoms. The molecule has 1 aromatic heterocycles. The van der Waals surface area contributed by atoms with Crippen molar-refractivity contribution in [2.45, 2.75) is 32.4 Å². The van der Waals surface area contributed by atoms with Crippen molar-refractivity contribution in [3.05, 3.63) is 41.5 Å². The Morgan fingerprint density at radius 1 is 1.29 bits per heavy atom. The van der Waals surface area contributed by atoms with Crippen LogP contribution in [0.1, 0.15) is 42.9 Å². The van der Waals surface area contributed by atoms with Gasteiger partial charge in [-0.15, -0.1) is 10.2 Å². The lowest BCUT2D eigenvalue weighted by Crippen LogP contribution is -2.39. The van der Waals surface area contributed by atoms with Gasteiger partial charge in [0.15, 0.2) is 5.82 Å². The maximum absolute atomic E-state index is 12.2. The number of rotatable bonds is 4. The van der Waals surface area contributed by atoms with Crippen molar-refractivity contribution in [1.82, 2.24) is 25.4 Å². The summed E-state index contributed by atoms with van der Waals surface area (Å²) >= 11 is 0. The first kappa shape index (κ1) is 16.0. The van der Waals surface area contributed by atoms with Crippen molar-refractivity contribution in [3.8, 4) is 0 Å². The molecule has 1 aliphatic rings. The van der Waals surface area contributed by atoms with Gasteiger partial charge >= 0.3 is 6.03 Å². The fraction of sp³-hybridized carbons (Fsp3) is 0.375. The van der Waals surface area contributed by atoms with Crippen LogP contribution < -0.4 is 16.0 Å². The number of aryl methyl sites for hydroxylation is 1. The molecule has 1 aromatic carbocycles. The first-order valence-electron chi connectivity index (χ1n) is 7.77. The third-order valence-corrected chi connectivity index (χ3v) is 4.08. The number of hydrogen-bond donors (Lipinski definition) is 3. The molecule has 3 N–H and O–H groups in total. The van der Waals surface area contributed by atoms with Crippen molar-refractivity contribution in [2.24, 2.45) is 7.05 Å². The maximum Gasteiger partial charge on any atom is 0.315 e. The molecular weight excluding hydrogens is 308 g/mol. The van der Waals surface area contributed by atoms with Crippen molar-refractivity contribution < 1.29 is 9.59 Å². The predicted molar refractivity (Wildman–Crippen MR) is 88.3 cm³/mol. The standard InChI is InChI=1S/C16H20N6O2/c1-9(11-4-5-13-12(6-11)7-14(23)20-13)18-16(24)19-10(2)15-21-17-8-22(15)3/h4-6,8-10H,7H2,1-3H3,(H,20,23)(H2,18,19,24)/t9-,10+/m1/s1. The highest BCUT2D eigenvalue weighted by Gasteiger charge is 2.20. The van der Waals surface area contributed by atoms with Crippen LogP contribution in [0.25, 0.3) is 0 Å². The molecule has 0 fully saturated rings. The Bertz CT molecular complexity index is 785. The average Bonchev–Trinajstić information content (AvgIpc) is 3.10. The molecule has 0 radical (unpaired) electrons. The van der Waals surface area contributed by atoms with Crippen LogP contribution in [-0.4, -0.2) is 26.7 Å². The lowest BCUT2D eigenvalue weighted by atomic mass is 10.0. The molecule has 0 saturated carbocycles. The van der Waals surface area contributed by atoms with Gasteiger partial charge in [0.1, 0.15) is 6.33 Å². The third kappa shape index (κ3) is 3.22. The summed E-state index contributed by atoms with van der Waals surface area (Å²) in [4.78, 5) is 23.6. The minimum absolute atomic E-state index is 0.00185. The van der Waals surface area contributed by atoms with Crippen molar-refractivity contribution in [3.63, 3.8) is 0 Å². The lowest BCUT2D eigenvalue weighted by molar-refractivity contribution is -0.115. The van der Waals surface area contributed by atoms with E-state index in [4.69, 9.17) is 0 Å². The molecule has 0 bridgehead atoms. The van der Waals surface area contributed by atoms with E-state index in [0.717, 1.165) is 16.8 Å². The summed E-state index contributed by atoms with van der Waals surface area (Å²) in [6, 6.07) is 5.00. The molecule has 0 spiro atoms. The lowest BCUT2D eigenvalue weighted by Gasteiger charge is -2.18.